The molecule has 0 aliphatic rings. The molecule has 2 N–H and O–H groups in total. The third kappa shape index (κ3) is 7.38. The van der Waals surface area contributed by atoms with Gasteiger partial charge in [-0.25, -0.2) is 0 Å². The van der Waals surface area contributed by atoms with Crippen molar-refractivity contribution in [3.63, 3.8) is 0 Å². The van der Waals surface area contributed by atoms with E-state index in [2.05, 4.69) is 11.2 Å². The minimum atomic E-state index is 0.170. The second-order valence-corrected chi connectivity index (χ2v) is 2.63. The summed E-state index contributed by atoms with van der Waals surface area (Å²) in [7, 11) is 0. The van der Waals surface area contributed by atoms with Crippen molar-refractivity contribution < 1.29 is 5.11 Å². The molecule has 2 heteroatoms. The van der Waals surface area contributed by atoms with Gasteiger partial charge in [0.1, 0.15) is 0 Å². The predicted octanol–water partition coefficient (Wildman–Crippen LogP) is 0.760. The zero-order valence-corrected chi connectivity index (χ0v) is 7.14. The lowest BCUT2D eigenvalue weighted by atomic mass is 10.2. The SMILES string of the molecule is C#CC(C)NCCCCCO. The number of hydrogen-bond acceptors (Lipinski definition) is 2. The maximum Gasteiger partial charge on any atom is 0.0658 e. The Morgan fingerprint density at radius 1 is 1.45 bits per heavy atom. The monoisotopic (exact) mass is 155 g/mol. The lowest BCUT2D eigenvalue weighted by Crippen LogP contribution is -2.25. The fourth-order valence-corrected chi connectivity index (χ4v) is 0.791. The van der Waals surface area contributed by atoms with Crippen LogP contribution in [0.15, 0.2) is 0 Å². The quantitative estimate of drug-likeness (QED) is 0.438. The van der Waals surface area contributed by atoms with Gasteiger partial charge in [-0.2, -0.15) is 0 Å². The highest BCUT2D eigenvalue weighted by Gasteiger charge is 1.93. The van der Waals surface area contributed by atoms with Crippen molar-refractivity contribution in [2.75, 3.05) is 13.2 Å². The zero-order valence-electron chi connectivity index (χ0n) is 7.14. The average Bonchev–Trinajstić information content (AvgIpc) is 2.04. The van der Waals surface area contributed by atoms with Crippen molar-refractivity contribution in [1.82, 2.24) is 5.32 Å². The van der Waals surface area contributed by atoms with Gasteiger partial charge in [0, 0.05) is 6.61 Å². The van der Waals surface area contributed by atoms with E-state index < -0.39 is 0 Å². The molecule has 0 aliphatic heterocycles. The predicted molar refractivity (Wildman–Crippen MR) is 47.2 cm³/mol. The van der Waals surface area contributed by atoms with E-state index in [4.69, 9.17) is 11.5 Å². The maximum absolute atomic E-state index is 8.47. The fourth-order valence-electron chi connectivity index (χ4n) is 0.791. The molecule has 11 heavy (non-hydrogen) atoms. The molecule has 0 radical (unpaired) electrons. The van der Waals surface area contributed by atoms with Gasteiger partial charge < -0.3 is 10.4 Å². The summed E-state index contributed by atoms with van der Waals surface area (Å²) in [6.45, 7) is 3.21. The van der Waals surface area contributed by atoms with Gasteiger partial charge in [0.05, 0.1) is 6.04 Å². The maximum atomic E-state index is 8.47. The topological polar surface area (TPSA) is 32.3 Å². The van der Waals surface area contributed by atoms with Gasteiger partial charge in [-0.1, -0.05) is 5.92 Å². The molecule has 0 heterocycles. The number of aliphatic hydroxyl groups is 1. The van der Waals surface area contributed by atoms with Gasteiger partial charge in [0.15, 0.2) is 0 Å². The number of rotatable bonds is 6. The van der Waals surface area contributed by atoms with E-state index in [0.29, 0.717) is 6.61 Å². The van der Waals surface area contributed by atoms with Crippen LogP contribution in [0.25, 0.3) is 0 Å². The number of unbranched alkanes of at least 4 members (excludes halogenated alkanes) is 2. The molecule has 1 atom stereocenters. The van der Waals surface area contributed by atoms with E-state index >= 15 is 0 Å². The Balaban J connectivity index is 2.97. The smallest absolute Gasteiger partial charge is 0.0658 e. The molecular weight excluding hydrogens is 138 g/mol. The van der Waals surface area contributed by atoms with Crippen LogP contribution < -0.4 is 5.32 Å². The molecular formula is C9H17NO. The van der Waals surface area contributed by atoms with E-state index in [9.17, 15) is 0 Å². The Morgan fingerprint density at radius 3 is 2.73 bits per heavy atom. The highest BCUT2D eigenvalue weighted by Crippen LogP contribution is 1.92. The summed E-state index contributed by atoms with van der Waals surface area (Å²) >= 11 is 0. The first kappa shape index (κ1) is 10.5. The fraction of sp³-hybridized carbons (Fsp3) is 0.778. The van der Waals surface area contributed by atoms with Crippen LogP contribution in [0.4, 0.5) is 0 Å². The molecule has 0 aromatic heterocycles. The lowest BCUT2D eigenvalue weighted by Gasteiger charge is -2.05. The normalized spacial score (nSPS) is 12.5. The second-order valence-electron chi connectivity index (χ2n) is 2.63. The molecule has 2 nitrogen and oxygen atoms in total. The van der Waals surface area contributed by atoms with Gasteiger partial charge in [0.2, 0.25) is 0 Å². The molecule has 0 aromatic carbocycles. The van der Waals surface area contributed by atoms with Crippen molar-refractivity contribution in [2.24, 2.45) is 0 Å². The molecule has 0 aromatic rings. The Morgan fingerprint density at radius 2 is 2.18 bits per heavy atom. The Kier molecular flexibility index (Phi) is 7.23. The Bertz CT molecular complexity index is 117. The first-order chi connectivity index (χ1) is 5.31. The van der Waals surface area contributed by atoms with Gasteiger partial charge in [-0.3, -0.25) is 0 Å². The molecule has 64 valence electrons. The third-order valence-corrected chi connectivity index (χ3v) is 1.54. The van der Waals surface area contributed by atoms with Crippen molar-refractivity contribution in [2.45, 2.75) is 32.2 Å². The molecule has 0 amide bonds. The molecule has 0 fully saturated rings. The minimum Gasteiger partial charge on any atom is -0.396 e. The number of aliphatic hydroxyl groups excluding tert-OH is 1. The number of terminal acetylenes is 1. The Hall–Kier alpha value is -0.520. The summed E-state index contributed by atoms with van der Waals surface area (Å²) in [6, 6.07) is 0.170. The summed E-state index contributed by atoms with van der Waals surface area (Å²) < 4.78 is 0. The first-order valence-electron chi connectivity index (χ1n) is 4.11. The average molecular weight is 155 g/mol. The lowest BCUT2D eigenvalue weighted by molar-refractivity contribution is 0.282. The molecule has 0 aliphatic carbocycles. The highest BCUT2D eigenvalue weighted by atomic mass is 16.2. The van der Waals surface area contributed by atoms with Crippen LogP contribution in [0, 0.1) is 12.3 Å². The van der Waals surface area contributed by atoms with Gasteiger partial charge in [0.25, 0.3) is 0 Å². The zero-order chi connectivity index (χ0) is 8.53. The van der Waals surface area contributed by atoms with Crippen LogP contribution in [0.1, 0.15) is 26.2 Å². The van der Waals surface area contributed by atoms with Crippen LogP contribution in [-0.4, -0.2) is 24.3 Å². The Labute approximate surface area is 69.0 Å². The van der Waals surface area contributed by atoms with Crippen LogP contribution in [0.2, 0.25) is 0 Å². The molecule has 0 bridgehead atoms. The molecule has 0 spiro atoms. The molecule has 1 unspecified atom stereocenters. The molecule has 0 saturated heterocycles. The second kappa shape index (κ2) is 7.59. The van der Waals surface area contributed by atoms with E-state index in [-0.39, 0.29) is 6.04 Å². The highest BCUT2D eigenvalue weighted by molar-refractivity contribution is 4.95. The first-order valence-corrected chi connectivity index (χ1v) is 4.11. The summed E-state index contributed by atoms with van der Waals surface area (Å²) in [5, 5.41) is 11.6. The van der Waals surface area contributed by atoms with E-state index in [1.165, 1.54) is 0 Å². The van der Waals surface area contributed by atoms with Gasteiger partial charge in [-0.15, -0.1) is 6.42 Å². The third-order valence-electron chi connectivity index (χ3n) is 1.54. The van der Waals surface area contributed by atoms with Crippen LogP contribution in [0.3, 0.4) is 0 Å². The minimum absolute atomic E-state index is 0.170. The van der Waals surface area contributed by atoms with Crippen molar-refractivity contribution in [1.29, 1.82) is 0 Å². The van der Waals surface area contributed by atoms with Crippen molar-refractivity contribution >= 4 is 0 Å². The van der Waals surface area contributed by atoms with Crippen molar-refractivity contribution in [3.8, 4) is 12.3 Å². The number of nitrogens with one attached hydrogen (secondary N) is 1. The van der Waals surface area contributed by atoms with Gasteiger partial charge >= 0.3 is 0 Å². The standard InChI is InChI=1S/C9H17NO/c1-3-9(2)10-7-5-4-6-8-11/h1,9-11H,4-8H2,2H3. The van der Waals surface area contributed by atoms with E-state index in [1.807, 2.05) is 6.92 Å². The molecule has 0 saturated carbocycles. The van der Waals surface area contributed by atoms with Crippen LogP contribution >= 0.6 is 0 Å². The molecule has 0 rings (SSSR count). The summed E-state index contributed by atoms with van der Waals surface area (Å²) in [5.74, 6) is 2.60. The summed E-state index contributed by atoms with van der Waals surface area (Å²) in [6.07, 6.45) is 8.22. The summed E-state index contributed by atoms with van der Waals surface area (Å²) in [5.41, 5.74) is 0. The number of hydrogen-bond donors (Lipinski definition) is 2. The summed E-state index contributed by atoms with van der Waals surface area (Å²) in [4.78, 5) is 0. The van der Waals surface area contributed by atoms with Crippen molar-refractivity contribution in [3.05, 3.63) is 0 Å². The van der Waals surface area contributed by atoms with Gasteiger partial charge in [-0.05, 0) is 32.7 Å². The van der Waals surface area contributed by atoms with E-state index in [0.717, 1.165) is 25.8 Å². The van der Waals surface area contributed by atoms with Crippen LogP contribution in [0.5, 0.6) is 0 Å². The van der Waals surface area contributed by atoms with Crippen LogP contribution in [-0.2, 0) is 0 Å². The van der Waals surface area contributed by atoms with E-state index in [1.54, 1.807) is 0 Å². The largest absolute Gasteiger partial charge is 0.396 e.